The maximum Gasteiger partial charge on any atom is 0.328 e. The number of rotatable bonds is 6. The number of carbonyl (C=O) groups excluding carboxylic acids is 2. The van der Waals surface area contributed by atoms with E-state index in [1.165, 1.54) is 7.11 Å². The Kier molecular flexibility index (Phi) is 5.66. The molecular weight excluding hydrogens is 344 g/mol. The molecular formula is C21H20N2O4. The molecule has 0 bridgehead atoms. The molecule has 0 radical (unpaired) electrons. The lowest BCUT2D eigenvalue weighted by molar-refractivity contribution is -0.142. The third-order valence-electron chi connectivity index (χ3n) is 4.28. The number of methoxy groups -OCH3 is 2. The maximum absolute atomic E-state index is 12.8. The average Bonchev–Trinajstić information content (AvgIpc) is 2.72. The van der Waals surface area contributed by atoms with Gasteiger partial charge < -0.3 is 14.8 Å². The summed E-state index contributed by atoms with van der Waals surface area (Å²) in [6, 6.07) is 15.5. The Morgan fingerprint density at radius 3 is 2.59 bits per heavy atom. The van der Waals surface area contributed by atoms with E-state index in [0.29, 0.717) is 16.8 Å². The molecule has 6 heteroatoms. The highest BCUT2D eigenvalue weighted by Gasteiger charge is 2.24. The van der Waals surface area contributed by atoms with Crippen LogP contribution in [0.15, 0.2) is 60.8 Å². The highest BCUT2D eigenvalue weighted by Crippen LogP contribution is 2.20. The summed E-state index contributed by atoms with van der Waals surface area (Å²) in [5, 5.41) is 3.62. The van der Waals surface area contributed by atoms with Crippen molar-refractivity contribution in [3.8, 4) is 5.75 Å². The molecule has 0 spiro atoms. The van der Waals surface area contributed by atoms with Gasteiger partial charge in [-0.05, 0) is 23.8 Å². The lowest BCUT2D eigenvalue weighted by atomic mass is 10.0. The first-order valence-electron chi connectivity index (χ1n) is 8.48. The van der Waals surface area contributed by atoms with E-state index in [-0.39, 0.29) is 12.3 Å². The summed E-state index contributed by atoms with van der Waals surface area (Å²) in [6.45, 7) is 0. The lowest BCUT2D eigenvalue weighted by Gasteiger charge is -2.18. The van der Waals surface area contributed by atoms with Crippen molar-refractivity contribution in [2.24, 2.45) is 0 Å². The maximum atomic E-state index is 12.8. The number of pyridine rings is 1. The van der Waals surface area contributed by atoms with E-state index >= 15 is 0 Å². The molecule has 0 aliphatic carbocycles. The predicted molar refractivity (Wildman–Crippen MR) is 102 cm³/mol. The van der Waals surface area contributed by atoms with Gasteiger partial charge in [-0.25, -0.2) is 4.79 Å². The third-order valence-corrected chi connectivity index (χ3v) is 4.28. The molecule has 3 rings (SSSR count). The number of fused-ring (bicyclic) bond motifs is 1. The minimum absolute atomic E-state index is 0.251. The summed E-state index contributed by atoms with van der Waals surface area (Å²) in [6.07, 6.45) is 1.88. The van der Waals surface area contributed by atoms with Gasteiger partial charge in [0.1, 0.15) is 11.8 Å². The van der Waals surface area contributed by atoms with Crippen LogP contribution in [0, 0.1) is 0 Å². The predicted octanol–water partition coefficient (Wildman–Crippen LogP) is 2.76. The van der Waals surface area contributed by atoms with Crippen molar-refractivity contribution in [3.63, 3.8) is 0 Å². The molecule has 6 nitrogen and oxygen atoms in total. The molecule has 2 aromatic carbocycles. The van der Waals surface area contributed by atoms with Crippen LogP contribution in [0.2, 0.25) is 0 Å². The normalized spacial score (nSPS) is 11.6. The zero-order valence-corrected chi connectivity index (χ0v) is 15.1. The zero-order chi connectivity index (χ0) is 19.2. The number of ether oxygens (including phenoxy) is 2. The molecule has 0 aliphatic heterocycles. The number of carbonyl (C=O) groups is 2. The Balaban J connectivity index is 1.88. The second-order valence-electron chi connectivity index (χ2n) is 5.95. The summed E-state index contributed by atoms with van der Waals surface area (Å²) < 4.78 is 10.2. The SMILES string of the molecule is COC(=O)[C@H](Cc1ccccc1OC)NC(=O)c1cccc2cccnc12. The van der Waals surface area contributed by atoms with Gasteiger partial charge in [0.2, 0.25) is 0 Å². The average molecular weight is 364 g/mol. The van der Waals surface area contributed by atoms with E-state index in [4.69, 9.17) is 9.47 Å². The Morgan fingerprint density at radius 2 is 1.81 bits per heavy atom. The van der Waals surface area contributed by atoms with Crippen molar-refractivity contribution >= 4 is 22.8 Å². The van der Waals surface area contributed by atoms with E-state index < -0.39 is 12.0 Å². The van der Waals surface area contributed by atoms with Crippen LogP contribution >= 0.6 is 0 Å². The summed E-state index contributed by atoms with van der Waals surface area (Å²) in [5.74, 6) is -0.264. The van der Waals surface area contributed by atoms with Crippen molar-refractivity contribution in [2.45, 2.75) is 12.5 Å². The number of hydrogen-bond donors (Lipinski definition) is 1. The molecule has 0 unspecified atom stereocenters. The van der Waals surface area contributed by atoms with Gasteiger partial charge in [-0.15, -0.1) is 0 Å². The Bertz CT molecular complexity index is 966. The molecule has 0 fully saturated rings. The first kappa shape index (κ1) is 18.4. The van der Waals surface area contributed by atoms with Crippen molar-refractivity contribution < 1.29 is 19.1 Å². The van der Waals surface area contributed by atoms with Gasteiger partial charge in [-0.3, -0.25) is 9.78 Å². The minimum atomic E-state index is -0.849. The Morgan fingerprint density at radius 1 is 1.04 bits per heavy atom. The molecule has 0 aliphatic rings. The first-order valence-corrected chi connectivity index (χ1v) is 8.48. The number of esters is 1. The van der Waals surface area contributed by atoms with Crippen LogP contribution in [0.1, 0.15) is 15.9 Å². The van der Waals surface area contributed by atoms with Crippen LogP contribution in [-0.2, 0) is 16.0 Å². The monoisotopic (exact) mass is 364 g/mol. The highest BCUT2D eigenvalue weighted by molar-refractivity contribution is 6.06. The molecule has 1 atom stereocenters. The summed E-state index contributed by atoms with van der Waals surface area (Å²) >= 11 is 0. The van der Waals surface area contributed by atoms with E-state index in [9.17, 15) is 9.59 Å². The molecule has 3 aromatic rings. The van der Waals surface area contributed by atoms with Crippen LogP contribution < -0.4 is 10.1 Å². The van der Waals surface area contributed by atoms with E-state index in [2.05, 4.69) is 10.3 Å². The topological polar surface area (TPSA) is 77.5 Å². The Labute approximate surface area is 157 Å². The van der Waals surface area contributed by atoms with Gasteiger partial charge in [0.15, 0.2) is 0 Å². The quantitative estimate of drug-likeness (QED) is 0.681. The summed E-state index contributed by atoms with van der Waals surface area (Å²) in [5.41, 5.74) is 1.78. The van der Waals surface area contributed by atoms with E-state index in [1.807, 2.05) is 36.4 Å². The van der Waals surface area contributed by atoms with Gasteiger partial charge in [0.25, 0.3) is 5.91 Å². The summed E-state index contributed by atoms with van der Waals surface area (Å²) in [7, 11) is 2.86. The third kappa shape index (κ3) is 4.06. The summed E-state index contributed by atoms with van der Waals surface area (Å²) in [4.78, 5) is 29.4. The molecule has 0 saturated heterocycles. The fourth-order valence-electron chi connectivity index (χ4n) is 2.95. The molecule has 1 heterocycles. The molecule has 27 heavy (non-hydrogen) atoms. The lowest BCUT2D eigenvalue weighted by Crippen LogP contribution is -2.43. The molecule has 1 amide bonds. The van der Waals surface area contributed by atoms with E-state index in [0.717, 1.165) is 10.9 Å². The minimum Gasteiger partial charge on any atom is -0.496 e. The fourth-order valence-corrected chi connectivity index (χ4v) is 2.95. The second-order valence-corrected chi connectivity index (χ2v) is 5.95. The van der Waals surface area contributed by atoms with Crippen LogP contribution in [0.25, 0.3) is 10.9 Å². The van der Waals surface area contributed by atoms with Crippen molar-refractivity contribution in [3.05, 3.63) is 71.9 Å². The first-order chi connectivity index (χ1) is 13.1. The van der Waals surface area contributed by atoms with Gasteiger partial charge in [-0.2, -0.15) is 0 Å². The number of para-hydroxylation sites is 2. The number of aromatic nitrogens is 1. The van der Waals surface area contributed by atoms with Gasteiger partial charge in [0.05, 0.1) is 25.3 Å². The van der Waals surface area contributed by atoms with Gasteiger partial charge in [0, 0.05) is 18.0 Å². The van der Waals surface area contributed by atoms with E-state index in [1.54, 1.807) is 31.5 Å². The van der Waals surface area contributed by atoms with Crippen molar-refractivity contribution in [1.82, 2.24) is 10.3 Å². The van der Waals surface area contributed by atoms with Crippen LogP contribution in [-0.4, -0.2) is 37.1 Å². The molecule has 0 saturated carbocycles. The second kappa shape index (κ2) is 8.31. The van der Waals surface area contributed by atoms with Crippen LogP contribution in [0.5, 0.6) is 5.75 Å². The molecule has 1 aromatic heterocycles. The van der Waals surface area contributed by atoms with Crippen molar-refractivity contribution in [1.29, 1.82) is 0 Å². The largest absolute Gasteiger partial charge is 0.496 e. The smallest absolute Gasteiger partial charge is 0.328 e. The zero-order valence-electron chi connectivity index (χ0n) is 15.1. The number of benzene rings is 2. The van der Waals surface area contributed by atoms with Crippen molar-refractivity contribution in [2.75, 3.05) is 14.2 Å². The Hall–Kier alpha value is -3.41. The number of nitrogens with zero attached hydrogens (tertiary/aromatic N) is 1. The van der Waals surface area contributed by atoms with Crippen LogP contribution in [0.3, 0.4) is 0 Å². The highest BCUT2D eigenvalue weighted by atomic mass is 16.5. The number of hydrogen-bond acceptors (Lipinski definition) is 5. The van der Waals surface area contributed by atoms with Gasteiger partial charge >= 0.3 is 5.97 Å². The molecule has 138 valence electrons. The number of amides is 1. The molecule has 1 N–H and O–H groups in total. The van der Waals surface area contributed by atoms with Crippen LogP contribution in [0.4, 0.5) is 0 Å². The standard InChI is InChI=1S/C21H20N2O4/c1-26-18-11-4-3-7-15(18)13-17(21(25)27-2)23-20(24)16-10-5-8-14-9-6-12-22-19(14)16/h3-12,17H,13H2,1-2H3,(H,23,24)/t17-/m0/s1. The fraction of sp³-hybridized carbons (Fsp3) is 0.190. The number of nitrogens with one attached hydrogen (secondary N) is 1. The van der Waals surface area contributed by atoms with Gasteiger partial charge in [-0.1, -0.05) is 36.4 Å².